The summed E-state index contributed by atoms with van der Waals surface area (Å²) in [4.78, 5) is 48.8. The molecule has 2 amide bonds. The topological polar surface area (TPSA) is 140 Å². The van der Waals surface area contributed by atoms with E-state index in [4.69, 9.17) is 0 Å². The van der Waals surface area contributed by atoms with Crippen molar-refractivity contribution in [2.24, 2.45) is 5.92 Å². The monoisotopic (exact) mass is 641 g/mol. The minimum Gasteiger partial charge on any atom is -0.372 e. The van der Waals surface area contributed by atoms with Crippen molar-refractivity contribution in [3.05, 3.63) is 58.0 Å². The van der Waals surface area contributed by atoms with E-state index >= 15 is 0 Å². The van der Waals surface area contributed by atoms with Crippen molar-refractivity contribution < 1.29 is 22.6 Å². The molecule has 0 radical (unpaired) electrons. The number of aromatic amines is 1. The molecular formula is C31H37F2N7O4S. The third kappa shape index (κ3) is 7.38. The minimum absolute atomic E-state index is 0.0742. The quantitative estimate of drug-likeness (QED) is 0.301. The van der Waals surface area contributed by atoms with Crippen molar-refractivity contribution in [3.63, 3.8) is 0 Å². The molecule has 14 heteroatoms. The largest absolute Gasteiger partial charge is 0.372 e. The SMILES string of the molecule is O=C1CCC(c2ccc(N3CCC(CCS(=O)N4CCC(Nc5ncc6cc(C(F)F)c(=O)[nH]c6n5)CC4)CC3)cc2)C(=O)N1. The number of carbonyl (C=O) groups excluding carboxylic acids is 2. The van der Waals surface area contributed by atoms with Crippen molar-refractivity contribution >= 4 is 45.5 Å². The van der Waals surface area contributed by atoms with Gasteiger partial charge in [0.05, 0.1) is 22.5 Å². The number of alkyl halides is 2. The van der Waals surface area contributed by atoms with Gasteiger partial charge in [-0.05, 0) is 68.2 Å². The molecule has 240 valence electrons. The van der Waals surface area contributed by atoms with Gasteiger partial charge >= 0.3 is 0 Å². The number of imide groups is 1. The Balaban J connectivity index is 0.917. The van der Waals surface area contributed by atoms with Crippen LogP contribution < -0.4 is 21.1 Å². The molecule has 3 fully saturated rings. The van der Waals surface area contributed by atoms with Gasteiger partial charge in [0.15, 0.2) is 0 Å². The second kappa shape index (κ2) is 13.7. The lowest BCUT2D eigenvalue weighted by Crippen LogP contribution is -2.41. The van der Waals surface area contributed by atoms with Crippen LogP contribution in [0.3, 0.4) is 0 Å². The normalized spacial score (nSPS) is 21.3. The highest BCUT2D eigenvalue weighted by molar-refractivity contribution is 7.82. The number of rotatable bonds is 9. The molecule has 1 aromatic carbocycles. The number of amides is 2. The first kappa shape index (κ1) is 31.2. The van der Waals surface area contributed by atoms with E-state index in [9.17, 15) is 27.4 Å². The van der Waals surface area contributed by atoms with E-state index in [0.717, 1.165) is 62.5 Å². The first-order chi connectivity index (χ1) is 21.7. The minimum atomic E-state index is -2.87. The molecule has 3 aliphatic rings. The summed E-state index contributed by atoms with van der Waals surface area (Å²) in [6.07, 6.45) is 3.98. The van der Waals surface area contributed by atoms with E-state index < -0.39 is 28.5 Å². The molecule has 0 bridgehead atoms. The molecule has 5 heterocycles. The van der Waals surface area contributed by atoms with Crippen molar-refractivity contribution in [2.75, 3.05) is 42.1 Å². The molecule has 3 aromatic rings. The van der Waals surface area contributed by atoms with Crippen molar-refractivity contribution in [1.29, 1.82) is 0 Å². The highest BCUT2D eigenvalue weighted by Crippen LogP contribution is 2.30. The second-order valence-corrected chi connectivity index (χ2v) is 13.6. The van der Waals surface area contributed by atoms with Crippen LogP contribution in [0, 0.1) is 5.92 Å². The predicted molar refractivity (Wildman–Crippen MR) is 167 cm³/mol. The number of anilines is 2. The number of fused-ring (bicyclic) bond motifs is 1. The van der Waals surface area contributed by atoms with Crippen molar-refractivity contribution in [2.45, 2.75) is 63.3 Å². The molecular weight excluding hydrogens is 604 g/mol. The van der Waals surface area contributed by atoms with Crippen LogP contribution in [0.1, 0.15) is 68.4 Å². The van der Waals surface area contributed by atoms with Gasteiger partial charge < -0.3 is 15.2 Å². The molecule has 45 heavy (non-hydrogen) atoms. The first-order valence-electron chi connectivity index (χ1n) is 15.5. The summed E-state index contributed by atoms with van der Waals surface area (Å²) in [6.45, 7) is 3.23. The van der Waals surface area contributed by atoms with Crippen LogP contribution in [0.2, 0.25) is 0 Å². The number of benzene rings is 1. The first-order valence-corrected chi connectivity index (χ1v) is 16.8. The maximum absolute atomic E-state index is 13.1. The third-order valence-corrected chi connectivity index (χ3v) is 10.7. The number of halogens is 2. The Morgan fingerprint density at radius 3 is 2.42 bits per heavy atom. The number of carbonyl (C=O) groups is 2. The summed E-state index contributed by atoms with van der Waals surface area (Å²) in [5, 5.41) is 6.03. The van der Waals surface area contributed by atoms with Gasteiger partial charge in [0.2, 0.25) is 17.8 Å². The smallest absolute Gasteiger partial charge is 0.269 e. The summed E-state index contributed by atoms with van der Waals surface area (Å²) in [5.41, 5.74) is 0.810. The average molecular weight is 642 g/mol. The molecule has 3 aliphatic heterocycles. The molecule has 0 saturated carbocycles. The number of hydrogen-bond acceptors (Lipinski definition) is 8. The Kier molecular flexibility index (Phi) is 9.50. The molecule has 11 nitrogen and oxygen atoms in total. The molecule has 2 aromatic heterocycles. The summed E-state index contributed by atoms with van der Waals surface area (Å²) in [5.74, 6) is 0.795. The molecule has 2 atom stereocenters. The highest BCUT2D eigenvalue weighted by Gasteiger charge is 2.29. The molecule has 0 spiro atoms. The Labute approximate surface area is 261 Å². The van der Waals surface area contributed by atoms with E-state index in [1.54, 1.807) is 0 Å². The van der Waals surface area contributed by atoms with Gasteiger partial charge in [-0.3, -0.25) is 19.7 Å². The van der Waals surface area contributed by atoms with Crippen LogP contribution in [0.4, 0.5) is 20.4 Å². The zero-order valence-electron chi connectivity index (χ0n) is 24.8. The maximum atomic E-state index is 13.1. The standard InChI is InChI=1S/C31H37F2N7O4S/c32-27(33)25-17-21-18-34-31(38-28(21)37-30(25)43)35-22-9-14-40(15-10-22)45(44)16-11-19-7-12-39(13-8-19)23-3-1-20(2-4-23)24-5-6-26(41)36-29(24)42/h1-4,17-19,22,24,27H,5-16H2,(H,36,41,42)(H2,34,35,37,38,43). The van der Waals surface area contributed by atoms with Crippen LogP contribution in [0.15, 0.2) is 41.3 Å². The molecule has 2 unspecified atom stereocenters. The van der Waals surface area contributed by atoms with E-state index in [0.29, 0.717) is 48.9 Å². The van der Waals surface area contributed by atoms with E-state index in [1.165, 1.54) is 6.20 Å². The number of nitrogens with one attached hydrogen (secondary N) is 3. The molecule has 0 aliphatic carbocycles. The van der Waals surface area contributed by atoms with E-state index in [1.807, 2.05) is 16.4 Å². The zero-order chi connectivity index (χ0) is 31.5. The number of H-pyrrole nitrogens is 1. The lowest BCUT2D eigenvalue weighted by Gasteiger charge is -2.35. The summed E-state index contributed by atoms with van der Waals surface area (Å²) >= 11 is 0. The fraction of sp³-hybridized carbons (Fsp3) is 0.516. The Morgan fingerprint density at radius 1 is 1.00 bits per heavy atom. The number of pyridine rings is 1. The fourth-order valence-corrected chi connectivity index (χ4v) is 7.84. The summed E-state index contributed by atoms with van der Waals surface area (Å²) in [7, 11) is -1.05. The highest BCUT2D eigenvalue weighted by atomic mass is 32.2. The zero-order valence-corrected chi connectivity index (χ0v) is 25.7. The number of aromatic nitrogens is 3. The Morgan fingerprint density at radius 2 is 1.73 bits per heavy atom. The second-order valence-electron chi connectivity index (χ2n) is 12.0. The van der Waals surface area contributed by atoms with Gasteiger partial charge in [0.25, 0.3) is 12.0 Å². The van der Waals surface area contributed by atoms with Crippen LogP contribution in [0.5, 0.6) is 0 Å². The lowest BCUT2D eigenvalue weighted by atomic mass is 9.90. The fourth-order valence-electron chi connectivity index (χ4n) is 6.43. The molecule has 6 rings (SSSR count). The van der Waals surface area contributed by atoms with Crippen LogP contribution in [-0.2, 0) is 20.6 Å². The van der Waals surface area contributed by atoms with Gasteiger partial charge in [-0.2, -0.15) is 4.98 Å². The van der Waals surface area contributed by atoms with Crippen molar-refractivity contribution in [1.82, 2.24) is 24.6 Å². The average Bonchev–Trinajstić information content (AvgIpc) is 3.04. The lowest BCUT2D eigenvalue weighted by molar-refractivity contribution is -0.134. The van der Waals surface area contributed by atoms with E-state index in [2.05, 4.69) is 42.6 Å². The number of piperidine rings is 3. The summed E-state index contributed by atoms with van der Waals surface area (Å²) < 4.78 is 41.1. The Hall–Kier alpha value is -3.78. The molecule has 3 N–H and O–H groups in total. The van der Waals surface area contributed by atoms with Crippen LogP contribution >= 0.6 is 0 Å². The van der Waals surface area contributed by atoms with Gasteiger partial charge in [-0.15, -0.1) is 0 Å². The maximum Gasteiger partial charge on any atom is 0.269 e. The van der Waals surface area contributed by atoms with Gasteiger partial charge in [-0.25, -0.2) is 22.3 Å². The molecule has 3 saturated heterocycles. The van der Waals surface area contributed by atoms with Gasteiger partial charge in [-0.1, -0.05) is 12.1 Å². The van der Waals surface area contributed by atoms with Crippen molar-refractivity contribution in [3.8, 4) is 0 Å². The van der Waals surface area contributed by atoms with Gasteiger partial charge in [0, 0.05) is 61.7 Å². The Bertz CT molecular complexity index is 1620. The number of hydrogen-bond donors (Lipinski definition) is 3. The van der Waals surface area contributed by atoms with Gasteiger partial charge in [0.1, 0.15) is 5.65 Å². The third-order valence-electron chi connectivity index (χ3n) is 9.15. The van der Waals surface area contributed by atoms with Crippen LogP contribution in [-0.4, -0.2) is 73.3 Å². The number of nitrogens with zero attached hydrogens (tertiary/aromatic N) is 4. The van der Waals surface area contributed by atoms with Crippen LogP contribution in [0.25, 0.3) is 11.0 Å². The predicted octanol–water partition coefficient (Wildman–Crippen LogP) is 3.62. The summed E-state index contributed by atoms with van der Waals surface area (Å²) in [6, 6.07) is 9.30. The van der Waals surface area contributed by atoms with E-state index in [-0.39, 0.29) is 29.4 Å².